The molecule has 0 aliphatic carbocycles. The molecule has 1 amide bonds. The molecule has 1 heterocycles. The number of rotatable bonds is 1. The van der Waals surface area contributed by atoms with E-state index in [9.17, 15) is 4.79 Å². The van der Waals surface area contributed by atoms with Crippen molar-refractivity contribution in [3.05, 3.63) is 63.6 Å². The fourth-order valence-electron chi connectivity index (χ4n) is 2.51. The molecule has 0 saturated carbocycles. The van der Waals surface area contributed by atoms with Gasteiger partial charge in [0.05, 0.1) is 6.54 Å². The lowest BCUT2D eigenvalue weighted by Crippen LogP contribution is -2.32. The van der Waals surface area contributed by atoms with E-state index in [1.807, 2.05) is 54.3 Å². The number of halogens is 1. The van der Waals surface area contributed by atoms with Crippen LogP contribution < -0.4 is 4.74 Å². The Kier molecular flexibility index (Phi) is 3.97. The van der Waals surface area contributed by atoms with Gasteiger partial charge in [0.15, 0.2) is 0 Å². The molecule has 0 saturated heterocycles. The van der Waals surface area contributed by atoms with Gasteiger partial charge in [-0.15, -0.1) is 0 Å². The molecule has 0 atom stereocenters. The molecule has 21 heavy (non-hydrogen) atoms. The van der Waals surface area contributed by atoms with Crippen LogP contribution >= 0.6 is 15.9 Å². The predicted molar refractivity (Wildman–Crippen MR) is 85.6 cm³/mol. The summed E-state index contributed by atoms with van der Waals surface area (Å²) in [6.45, 7) is 3.66. The van der Waals surface area contributed by atoms with Crippen LogP contribution in [0.1, 0.15) is 21.5 Å². The highest BCUT2D eigenvalue weighted by molar-refractivity contribution is 9.10. The highest BCUT2D eigenvalue weighted by Gasteiger charge is 2.22. The van der Waals surface area contributed by atoms with Crippen LogP contribution in [0, 0.1) is 6.92 Å². The molecular weight excluding hydrogens is 330 g/mol. The molecule has 0 N–H and O–H groups in total. The maximum atomic E-state index is 12.8. The minimum atomic E-state index is 0.0501. The third kappa shape index (κ3) is 2.81. The monoisotopic (exact) mass is 345 g/mol. The molecule has 3 nitrogen and oxygen atoms in total. The summed E-state index contributed by atoms with van der Waals surface area (Å²) in [6.07, 6.45) is 0. The van der Waals surface area contributed by atoms with Crippen molar-refractivity contribution in [1.29, 1.82) is 0 Å². The first-order valence-electron chi connectivity index (χ1n) is 6.92. The maximum absolute atomic E-state index is 12.8. The standard InChI is InChI=1S/C17H16BrNO2/c1-12-14(6-4-7-15(12)18)17(20)19-9-10-21-16-8-3-2-5-13(16)11-19/h2-8H,9-11H2,1H3. The number of ether oxygens (including phenoxy) is 1. The van der Waals surface area contributed by atoms with Crippen LogP contribution in [0.5, 0.6) is 5.75 Å². The van der Waals surface area contributed by atoms with E-state index in [2.05, 4.69) is 15.9 Å². The second-order valence-corrected chi connectivity index (χ2v) is 5.95. The van der Waals surface area contributed by atoms with Crippen molar-refractivity contribution < 1.29 is 9.53 Å². The zero-order chi connectivity index (χ0) is 14.8. The molecule has 0 radical (unpaired) electrons. The molecule has 1 aliphatic heterocycles. The highest BCUT2D eigenvalue weighted by Crippen LogP contribution is 2.25. The zero-order valence-corrected chi connectivity index (χ0v) is 13.4. The van der Waals surface area contributed by atoms with Crippen molar-refractivity contribution in [2.75, 3.05) is 13.2 Å². The first kappa shape index (κ1) is 14.1. The summed E-state index contributed by atoms with van der Waals surface area (Å²) in [6, 6.07) is 13.6. The largest absolute Gasteiger partial charge is 0.491 e. The van der Waals surface area contributed by atoms with E-state index in [-0.39, 0.29) is 5.91 Å². The first-order chi connectivity index (χ1) is 10.2. The number of hydrogen-bond donors (Lipinski definition) is 0. The van der Waals surface area contributed by atoms with Crippen LogP contribution in [-0.4, -0.2) is 24.0 Å². The summed E-state index contributed by atoms with van der Waals surface area (Å²) in [5, 5.41) is 0. The van der Waals surface area contributed by atoms with Gasteiger partial charge in [-0.05, 0) is 30.7 Å². The molecular formula is C17H16BrNO2. The van der Waals surface area contributed by atoms with E-state index >= 15 is 0 Å². The fourth-order valence-corrected chi connectivity index (χ4v) is 2.87. The Bertz CT molecular complexity index is 684. The lowest BCUT2D eigenvalue weighted by Gasteiger charge is -2.21. The average molecular weight is 346 g/mol. The Morgan fingerprint density at radius 2 is 2.00 bits per heavy atom. The lowest BCUT2D eigenvalue weighted by molar-refractivity contribution is 0.0732. The maximum Gasteiger partial charge on any atom is 0.254 e. The number of benzene rings is 2. The van der Waals surface area contributed by atoms with Gasteiger partial charge in [-0.3, -0.25) is 4.79 Å². The second kappa shape index (κ2) is 5.90. The number of carbonyl (C=O) groups is 1. The highest BCUT2D eigenvalue weighted by atomic mass is 79.9. The van der Waals surface area contributed by atoms with Gasteiger partial charge in [0, 0.05) is 22.1 Å². The molecule has 0 unspecified atom stereocenters. The Balaban J connectivity index is 1.90. The van der Waals surface area contributed by atoms with E-state index in [0.717, 1.165) is 26.9 Å². The van der Waals surface area contributed by atoms with Crippen molar-refractivity contribution in [2.24, 2.45) is 0 Å². The average Bonchev–Trinajstić information content (AvgIpc) is 2.71. The SMILES string of the molecule is Cc1c(Br)cccc1C(=O)N1CCOc2ccccc2C1. The third-order valence-corrected chi connectivity index (χ3v) is 4.60. The minimum absolute atomic E-state index is 0.0501. The molecule has 0 bridgehead atoms. The summed E-state index contributed by atoms with van der Waals surface area (Å²) in [5.41, 5.74) is 2.76. The van der Waals surface area contributed by atoms with Crippen molar-refractivity contribution in [3.8, 4) is 5.75 Å². The van der Waals surface area contributed by atoms with E-state index in [1.54, 1.807) is 0 Å². The Morgan fingerprint density at radius 1 is 1.19 bits per heavy atom. The number of hydrogen-bond acceptors (Lipinski definition) is 2. The number of para-hydroxylation sites is 1. The molecule has 2 aromatic carbocycles. The third-order valence-electron chi connectivity index (χ3n) is 3.74. The summed E-state index contributed by atoms with van der Waals surface area (Å²) in [5.74, 6) is 0.924. The summed E-state index contributed by atoms with van der Waals surface area (Å²) < 4.78 is 6.67. The molecule has 0 aromatic heterocycles. The topological polar surface area (TPSA) is 29.5 Å². The molecule has 2 aromatic rings. The van der Waals surface area contributed by atoms with Crippen LogP contribution in [-0.2, 0) is 6.54 Å². The molecule has 1 aliphatic rings. The lowest BCUT2D eigenvalue weighted by atomic mass is 10.1. The van der Waals surface area contributed by atoms with Gasteiger partial charge in [0.25, 0.3) is 5.91 Å². The second-order valence-electron chi connectivity index (χ2n) is 5.10. The number of amides is 1. The number of fused-ring (bicyclic) bond motifs is 1. The van der Waals surface area contributed by atoms with Crippen molar-refractivity contribution in [2.45, 2.75) is 13.5 Å². The van der Waals surface area contributed by atoms with Gasteiger partial charge in [-0.1, -0.05) is 40.2 Å². The van der Waals surface area contributed by atoms with Gasteiger partial charge in [0.1, 0.15) is 12.4 Å². The van der Waals surface area contributed by atoms with Gasteiger partial charge in [0.2, 0.25) is 0 Å². The smallest absolute Gasteiger partial charge is 0.254 e. The van der Waals surface area contributed by atoms with Crippen LogP contribution in [0.3, 0.4) is 0 Å². The molecule has 3 rings (SSSR count). The van der Waals surface area contributed by atoms with E-state index in [1.165, 1.54) is 0 Å². The van der Waals surface area contributed by atoms with Crippen molar-refractivity contribution in [1.82, 2.24) is 4.90 Å². The summed E-state index contributed by atoms with van der Waals surface area (Å²) in [4.78, 5) is 14.6. The quantitative estimate of drug-likeness (QED) is 0.786. The van der Waals surface area contributed by atoms with E-state index in [0.29, 0.717) is 19.7 Å². The molecule has 0 spiro atoms. The van der Waals surface area contributed by atoms with Crippen LogP contribution in [0.2, 0.25) is 0 Å². The first-order valence-corrected chi connectivity index (χ1v) is 7.71. The van der Waals surface area contributed by atoms with Crippen molar-refractivity contribution in [3.63, 3.8) is 0 Å². The minimum Gasteiger partial charge on any atom is -0.491 e. The van der Waals surface area contributed by atoms with E-state index in [4.69, 9.17) is 4.74 Å². The predicted octanol–water partition coefficient (Wildman–Crippen LogP) is 3.79. The molecule has 4 heteroatoms. The summed E-state index contributed by atoms with van der Waals surface area (Å²) in [7, 11) is 0. The Labute approximate surface area is 132 Å². The van der Waals surface area contributed by atoms with Crippen molar-refractivity contribution >= 4 is 21.8 Å². The Morgan fingerprint density at radius 3 is 2.86 bits per heavy atom. The van der Waals surface area contributed by atoms with Gasteiger partial charge >= 0.3 is 0 Å². The van der Waals surface area contributed by atoms with Crippen LogP contribution in [0.4, 0.5) is 0 Å². The summed E-state index contributed by atoms with van der Waals surface area (Å²) >= 11 is 3.48. The van der Waals surface area contributed by atoms with Gasteiger partial charge in [-0.2, -0.15) is 0 Å². The van der Waals surface area contributed by atoms with E-state index < -0.39 is 0 Å². The molecule has 108 valence electrons. The fraction of sp³-hybridized carbons (Fsp3) is 0.235. The van der Waals surface area contributed by atoms with Crippen LogP contribution in [0.15, 0.2) is 46.9 Å². The van der Waals surface area contributed by atoms with Gasteiger partial charge in [-0.25, -0.2) is 0 Å². The van der Waals surface area contributed by atoms with Gasteiger partial charge < -0.3 is 9.64 Å². The number of nitrogens with zero attached hydrogens (tertiary/aromatic N) is 1. The Hall–Kier alpha value is -1.81. The zero-order valence-electron chi connectivity index (χ0n) is 11.8. The number of carbonyl (C=O) groups excluding carboxylic acids is 1. The van der Waals surface area contributed by atoms with Crippen LogP contribution in [0.25, 0.3) is 0 Å². The normalized spacial score (nSPS) is 14.1. The molecule has 0 fully saturated rings.